The highest BCUT2D eigenvalue weighted by atomic mass is 16.4. The lowest BCUT2D eigenvalue weighted by Gasteiger charge is -2.09. The molecule has 1 atom stereocenters. The summed E-state index contributed by atoms with van der Waals surface area (Å²) in [6.45, 7) is 2.23. The molecule has 0 aliphatic rings. The number of aryl methyl sites for hydroxylation is 1. The molecule has 0 spiro atoms. The molecule has 102 valence electrons. The highest BCUT2D eigenvalue weighted by Gasteiger charge is 2.22. The van der Waals surface area contributed by atoms with Crippen molar-refractivity contribution in [1.29, 1.82) is 0 Å². The molecule has 0 saturated carbocycles. The van der Waals surface area contributed by atoms with Gasteiger partial charge in [0.05, 0.1) is 6.20 Å². The van der Waals surface area contributed by atoms with Gasteiger partial charge in [0.2, 0.25) is 0 Å². The Morgan fingerprint density at radius 2 is 2.26 bits per heavy atom. The van der Waals surface area contributed by atoms with Crippen molar-refractivity contribution in [2.24, 2.45) is 13.0 Å². The average Bonchev–Trinajstić information content (AvgIpc) is 2.95. The molecule has 1 unspecified atom stereocenters. The Morgan fingerprint density at radius 1 is 1.53 bits per heavy atom. The van der Waals surface area contributed by atoms with Crippen LogP contribution in [0.25, 0.3) is 11.3 Å². The van der Waals surface area contributed by atoms with Crippen molar-refractivity contribution in [2.45, 2.75) is 13.5 Å². The van der Waals surface area contributed by atoms with Gasteiger partial charge in [-0.15, -0.1) is 5.10 Å². The molecule has 0 radical (unpaired) electrons. The van der Waals surface area contributed by atoms with Gasteiger partial charge in [-0.2, -0.15) is 5.10 Å². The van der Waals surface area contributed by atoms with E-state index in [0.717, 1.165) is 0 Å². The van der Waals surface area contributed by atoms with Gasteiger partial charge in [0.1, 0.15) is 5.69 Å². The second kappa shape index (κ2) is 5.19. The zero-order chi connectivity index (χ0) is 14.0. The minimum Gasteiger partial charge on any atom is -0.476 e. The van der Waals surface area contributed by atoms with Gasteiger partial charge in [-0.3, -0.25) is 4.68 Å². The number of rotatable bonds is 5. The number of hydrogen-bond donors (Lipinski definition) is 2. The van der Waals surface area contributed by atoms with Crippen molar-refractivity contribution >= 4 is 5.97 Å². The van der Waals surface area contributed by atoms with Crippen molar-refractivity contribution in [3.05, 3.63) is 18.1 Å². The summed E-state index contributed by atoms with van der Waals surface area (Å²) in [6.07, 6.45) is 3.26. The third-order valence-corrected chi connectivity index (χ3v) is 2.71. The standard InChI is InChI=1S/C11H15N5O3/c1-7(6-17)4-16-10(8-3-12-15(2)5-8)9(11(18)19)13-14-16/h3,5,7,17H,4,6H2,1-2H3,(H,18,19). The summed E-state index contributed by atoms with van der Waals surface area (Å²) in [5, 5.41) is 29.8. The molecule has 0 aromatic carbocycles. The number of aliphatic hydroxyl groups is 1. The van der Waals surface area contributed by atoms with Gasteiger partial charge in [0, 0.05) is 32.0 Å². The van der Waals surface area contributed by atoms with Crippen LogP contribution in [0, 0.1) is 5.92 Å². The fraction of sp³-hybridized carbons (Fsp3) is 0.455. The maximum Gasteiger partial charge on any atom is 0.358 e. The Labute approximate surface area is 109 Å². The van der Waals surface area contributed by atoms with E-state index in [4.69, 9.17) is 10.2 Å². The molecule has 8 heteroatoms. The molecule has 0 fully saturated rings. The first-order chi connectivity index (χ1) is 9.02. The number of hydrogen-bond acceptors (Lipinski definition) is 5. The Morgan fingerprint density at radius 3 is 2.79 bits per heavy atom. The Balaban J connectivity index is 2.47. The van der Waals surface area contributed by atoms with E-state index in [1.54, 1.807) is 24.1 Å². The number of carbonyl (C=O) groups is 1. The van der Waals surface area contributed by atoms with E-state index in [-0.39, 0.29) is 18.2 Å². The van der Waals surface area contributed by atoms with Crippen LogP contribution in [0.5, 0.6) is 0 Å². The lowest BCUT2D eigenvalue weighted by Crippen LogP contribution is -2.13. The summed E-state index contributed by atoms with van der Waals surface area (Å²) < 4.78 is 3.06. The molecule has 0 bridgehead atoms. The summed E-state index contributed by atoms with van der Waals surface area (Å²) >= 11 is 0. The molecule has 2 aromatic heterocycles. The van der Waals surface area contributed by atoms with Gasteiger partial charge in [-0.05, 0) is 5.92 Å². The number of carboxylic acid groups (broad SMARTS) is 1. The van der Waals surface area contributed by atoms with E-state index in [9.17, 15) is 4.79 Å². The molecular weight excluding hydrogens is 250 g/mol. The van der Waals surface area contributed by atoms with Gasteiger partial charge in [0.15, 0.2) is 5.69 Å². The van der Waals surface area contributed by atoms with E-state index < -0.39 is 5.97 Å². The van der Waals surface area contributed by atoms with Crippen molar-refractivity contribution < 1.29 is 15.0 Å². The lowest BCUT2D eigenvalue weighted by molar-refractivity contribution is 0.0691. The Bertz CT molecular complexity index is 589. The lowest BCUT2D eigenvalue weighted by atomic mass is 10.1. The number of aliphatic hydroxyl groups excluding tert-OH is 1. The van der Waals surface area contributed by atoms with Crippen LogP contribution in [0.3, 0.4) is 0 Å². The molecule has 2 rings (SSSR count). The number of carboxylic acids is 1. The highest BCUT2D eigenvalue weighted by molar-refractivity contribution is 5.92. The number of nitrogens with zero attached hydrogens (tertiary/aromatic N) is 5. The molecule has 0 amide bonds. The van der Waals surface area contributed by atoms with Crippen LogP contribution in [0.4, 0.5) is 0 Å². The minimum atomic E-state index is -1.14. The normalized spacial score (nSPS) is 12.6. The van der Waals surface area contributed by atoms with Crippen molar-refractivity contribution in [1.82, 2.24) is 24.8 Å². The summed E-state index contributed by atoms with van der Waals surface area (Å²) in [6, 6.07) is 0. The quantitative estimate of drug-likeness (QED) is 0.788. The summed E-state index contributed by atoms with van der Waals surface area (Å²) in [7, 11) is 1.74. The van der Waals surface area contributed by atoms with E-state index in [2.05, 4.69) is 15.4 Å². The average molecular weight is 265 g/mol. The van der Waals surface area contributed by atoms with E-state index in [1.165, 1.54) is 4.68 Å². The maximum atomic E-state index is 11.2. The van der Waals surface area contributed by atoms with Crippen molar-refractivity contribution in [3.63, 3.8) is 0 Å². The molecule has 0 saturated heterocycles. The van der Waals surface area contributed by atoms with Gasteiger partial charge in [0.25, 0.3) is 0 Å². The van der Waals surface area contributed by atoms with Crippen LogP contribution in [-0.4, -0.2) is 47.6 Å². The summed E-state index contributed by atoms with van der Waals surface area (Å²) in [5.41, 5.74) is 0.925. The van der Waals surface area contributed by atoms with Crippen LogP contribution in [0.1, 0.15) is 17.4 Å². The molecule has 2 heterocycles. The Hall–Kier alpha value is -2.22. The van der Waals surface area contributed by atoms with Crippen LogP contribution in [0.15, 0.2) is 12.4 Å². The van der Waals surface area contributed by atoms with Gasteiger partial charge < -0.3 is 10.2 Å². The first kappa shape index (κ1) is 13.2. The zero-order valence-electron chi connectivity index (χ0n) is 10.7. The SMILES string of the molecule is CC(CO)Cn1nnc(C(=O)O)c1-c1cnn(C)c1. The van der Waals surface area contributed by atoms with E-state index in [0.29, 0.717) is 17.8 Å². The molecule has 0 aliphatic heterocycles. The van der Waals surface area contributed by atoms with E-state index in [1.807, 2.05) is 6.92 Å². The predicted molar refractivity (Wildman–Crippen MR) is 65.4 cm³/mol. The second-order valence-electron chi connectivity index (χ2n) is 4.46. The van der Waals surface area contributed by atoms with Crippen LogP contribution < -0.4 is 0 Å². The van der Waals surface area contributed by atoms with E-state index >= 15 is 0 Å². The third kappa shape index (κ3) is 2.63. The fourth-order valence-electron chi connectivity index (χ4n) is 1.77. The first-order valence-electron chi connectivity index (χ1n) is 5.79. The predicted octanol–water partition coefficient (Wildman–Crippen LogP) is 0.00520. The molecular formula is C11H15N5O3. The van der Waals surface area contributed by atoms with Crippen molar-refractivity contribution in [2.75, 3.05) is 6.61 Å². The number of aromatic carboxylic acids is 1. The smallest absolute Gasteiger partial charge is 0.358 e. The zero-order valence-corrected chi connectivity index (χ0v) is 10.7. The largest absolute Gasteiger partial charge is 0.476 e. The van der Waals surface area contributed by atoms with Crippen LogP contribution in [-0.2, 0) is 13.6 Å². The summed E-state index contributed by atoms with van der Waals surface area (Å²) in [5.74, 6) is -1.18. The molecule has 2 N–H and O–H groups in total. The molecule has 8 nitrogen and oxygen atoms in total. The van der Waals surface area contributed by atoms with Gasteiger partial charge in [-0.25, -0.2) is 9.48 Å². The van der Waals surface area contributed by atoms with Crippen LogP contribution in [0.2, 0.25) is 0 Å². The Kier molecular flexibility index (Phi) is 3.61. The molecule has 2 aromatic rings. The summed E-state index contributed by atoms with van der Waals surface area (Å²) in [4.78, 5) is 11.2. The first-order valence-corrected chi connectivity index (χ1v) is 5.79. The second-order valence-corrected chi connectivity index (χ2v) is 4.46. The molecule has 0 aliphatic carbocycles. The maximum absolute atomic E-state index is 11.2. The van der Waals surface area contributed by atoms with Crippen molar-refractivity contribution in [3.8, 4) is 11.3 Å². The van der Waals surface area contributed by atoms with Crippen LogP contribution >= 0.6 is 0 Å². The van der Waals surface area contributed by atoms with Gasteiger partial charge in [-0.1, -0.05) is 12.1 Å². The number of aromatic nitrogens is 5. The topological polar surface area (TPSA) is 106 Å². The molecule has 19 heavy (non-hydrogen) atoms. The fourth-order valence-corrected chi connectivity index (χ4v) is 1.77. The minimum absolute atomic E-state index is 0.00521. The van der Waals surface area contributed by atoms with Gasteiger partial charge >= 0.3 is 5.97 Å². The third-order valence-electron chi connectivity index (χ3n) is 2.71. The highest BCUT2D eigenvalue weighted by Crippen LogP contribution is 2.22. The monoisotopic (exact) mass is 265 g/mol.